The fourth-order valence-corrected chi connectivity index (χ4v) is 1.99. The quantitative estimate of drug-likeness (QED) is 0.757. The molecule has 3 N–H and O–H groups in total. The highest BCUT2D eigenvalue weighted by Crippen LogP contribution is 2.29. The highest BCUT2D eigenvalue weighted by atomic mass is 16.5. The molecule has 0 radical (unpaired) electrons. The molecule has 0 heterocycles. The maximum absolute atomic E-state index is 9.99. The maximum Gasteiger partial charge on any atom is 0.162 e. The zero-order chi connectivity index (χ0) is 14.4. The van der Waals surface area contributed by atoms with Crippen LogP contribution in [0.25, 0.3) is 0 Å². The lowest BCUT2D eigenvalue weighted by Gasteiger charge is -2.11. The standard InChI is InChI=1S/C16H19NO3/c1-20-15-4-2-3-13(16(15)19)11-17-14-7-5-12(6-8-14)9-10-18/h2-8,17-19H,9-11H2,1H3. The molecule has 0 saturated heterocycles. The van der Waals surface area contributed by atoms with E-state index in [0.29, 0.717) is 18.7 Å². The Bertz CT molecular complexity index is 552. The second-order valence-electron chi connectivity index (χ2n) is 4.49. The lowest BCUT2D eigenvalue weighted by Crippen LogP contribution is -2.00. The van der Waals surface area contributed by atoms with Crippen LogP contribution in [-0.4, -0.2) is 23.9 Å². The fourth-order valence-electron chi connectivity index (χ4n) is 1.99. The highest BCUT2D eigenvalue weighted by molar-refractivity contribution is 5.49. The topological polar surface area (TPSA) is 61.7 Å². The zero-order valence-electron chi connectivity index (χ0n) is 11.5. The summed E-state index contributed by atoms with van der Waals surface area (Å²) in [4.78, 5) is 0. The molecule has 0 bridgehead atoms. The van der Waals surface area contributed by atoms with Crippen LogP contribution >= 0.6 is 0 Å². The molecule has 106 valence electrons. The number of aliphatic hydroxyl groups excluding tert-OH is 1. The van der Waals surface area contributed by atoms with Crippen molar-refractivity contribution in [1.82, 2.24) is 0 Å². The van der Waals surface area contributed by atoms with Crippen molar-refractivity contribution in [3.63, 3.8) is 0 Å². The van der Waals surface area contributed by atoms with E-state index in [4.69, 9.17) is 9.84 Å². The third-order valence-corrected chi connectivity index (χ3v) is 3.14. The van der Waals surface area contributed by atoms with Crippen LogP contribution in [0.2, 0.25) is 0 Å². The second-order valence-corrected chi connectivity index (χ2v) is 4.49. The van der Waals surface area contributed by atoms with Gasteiger partial charge in [-0.1, -0.05) is 24.3 Å². The van der Waals surface area contributed by atoms with Crippen LogP contribution in [0.5, 0.6) is 11.5 Å². The molecule has 0 aliphatic rings. The molecular formula is C16H19NO3. The number of benzene rings is 2. The molecule has 0 atom stereocenters. The first-order valence-corrected chi connectivity index (χ1v) is 6.53. The van der Waals surface area contributed by atoms with Gasteiger partial charge in [-0.05, 0) is 30.2 Å². The van der Waals surface area contributed by atoms with E-state index in [2.05, 4.69) is 5.32 Å². The van der Waals surface area contributed by atoms with Gasteiger partial charge in [-0.2, -0.15) is 0 Å². The van der Waals surface area contributed by atoms with Crippen LogP contribution in [0.15, 0.2) is 42.5 Å². The highest BCUT2D eigenvalue weighted by Gasteiger charge is 2.06. The Morgan fingerprint density at radius 3 is 2.50 bits per heavy atom. The van der Waals surface area contributed by atoms with Gasteiger partial charge >= 0.3 is 0 Å². The molecule has 2 rings (SSSR count). The number of hydrogen-bond donors (Lipinski definition) is 3. The largest absolute Gasteiger partial charge is 0.504 e. The number of phenolic OH excluding ortho intramolecular Hbond substituents is 1. The summed E-state index contributed by atoms with van der Waals surface area (Å²) in [6.07, 6.45) is 0.664. The smallest absolute Gasteiger partial charge is 0.162 e. The molecule has 0 aliphatic carbocycles. The molecule has 4 heteroatoms. The molecule has 0 aliphatic heterocycles. The van der Waals surface area contributed by atoms with Gasteiger partial charge in [0.15, 0.2) is 11.5 Å². The third-order valence-electron chi connectivity index (χ3n) is 3.14. The van der Waals surface area contributed by atoms with E-state index in [0.717, 1.165) is 16.8 Å². The third kappa shape index (κ3) is 3.42. The number of aliphatic hydroxyl groups is 1. The van der Waals surface area contributed by atoms with Crippen LogP contribution in [-0.2, 0) is 13.0 Å². The van der Waals surface area contributed by atoms with E-state index in [1.165, 1.54) is 7.11 Å². The average molecular weight is 273 g/mol. The van der Waals surface area contributed by atoms with Gasteiger partial charge in [-0.15, -0.1) is 0 Å². The number of aromatic hydroxyl groups is 1. The summed E-state index contributed by atoms with van der Waals surface area (Å²) in [6.45, 7) is 0.673. The molecule has 0 aromatic heterocycles. The van der Waals surface area contributed by atoms with Crippen molar-refractivity contribution < 1.29 is 14.9 Å². The summed E-state index contributed by atoms with van der Waals surface area (Å²) >= 11 is 0. The van der Waals surface area contributed by atoms with E-state index in [1.54, 1.807) is 6.07 Å². The number of nitrogens with one attached hydrogen (secondary N) is 1. The maximum atomic E-state index is 9.99. The Hall–Kier alpha value is -2.20. The molecule has 0 unspecified atom stereocenters. The molecule has 0 amide bonds. The van der Waals surface area contributed by atoms with Crippen molar-refractivity contribution in [3.8, 4) is 11.5 Å². The van der Waals surface area contributed by atoms with Crippen LogP contribution in [0.4, 0.5) is 5.69 Å². The van der Waals surface area contributed by atoms with E-state index in [1.807, 2.05) is 36.4 Å². The number of para-hydroxylation sites is 1. The fraction of sp³-hybridized carbons (Fsp3) is 0.250. The van der Waals surface area contributed by atoms with Crippen molar-refractivity contribution in [2.45, 2.75) is 13.0 Å². The predicted octanol–water partition coefficient (Wildman–Crippen LogP) is 2.55. The number of methoxy groups -OCH3 is 1. The van der Waals surface area contributed by atoms with Gasteiger partial charge in [0, 0.05) is 24.4 Å². The zero-order valence-corrected chi connectivity index (χ0v) is 11.5. The second kappa shape index (κ2) is 6.82. The summed E-state index contributed by atoms with van der Waals surface area (Å²) in [6, 6.07) is 13.3. The molecular weight excluding hydrogens is 254 g/mol. The minimum atomic E-state index is 0.157. The molecule has 0 saturated carbocycles. The van der Waals surface area contributed by atoms with Crippen LogP contribution in [0.1, 0.15) is 11.1 Å². The van der Waals surface area contributed by atoms with Gasteiger partial charge in [0.05, 0.1) is 7.11 Å². The van der Waals surface area contributed by atoms with Crippen molar-refractivity contribution in [2.75, 3.05) is 19.0 Å². The number of hydrogen-bond acceptors (Lipinski definition) is 4. The van der Waals surface area contributed by atoms with Gasteiger partial charge in [0.1, 0.15) is 0 Å². The van der Waals surface area contributed by atoms with E-state index in [-0.39, 0.29) is 12.4 Å². The van der Waals surface area contributed by atoms with Crippen LogP contribution in [0, 0.1) is 0 Å². The van der Waals surface area contributed by atoms with E-state index in [9.17, 15) is 5.11 Å². The van der Waals surface area contributed by atoms with Crippen molar-refractivity contribution >= 4 is 5.69 Å². The normalized spacial score (nSPS) is 10.3. The number of phenols is 1. The van der Waals surface area contributed by atoms with Crippen molar-refractivity contribution in [1.29, 1.82) is 0 Å². The van der Waals surface area contributed by atoms with E-state index < -0.39 is 0 Å². The summed E-state index contributed by atoms with van der Waals surface area (Å²) < 4.78 is 5.08. The molecule has 4 nitrogen and oxygen atoms in total. The van der Waals surface area contributed by atoms with Crippen molar-refractivity contribution in [2.24, 2.45) is 0 Å². The predicted molar refractivity (Wildman–Crippen MR) is 79.2 cm³/mol. The Balaban J connectivity index is 2.01. The molecule has 0 spiro atoms. The lowest BCUT2D eigenvalue weighted by molar-refractivity contribution is 0.299. The first-order valence-electron chi connectivity index (χ1n) is 6.53. The van der Waals surface area contributed by atoms with Crippen LogP contribution < -0.4 is 10.1 Å². The summed E-state index contributed by atoms with van der Waals surface area (Å²) in [5, 5.41) is 22.1. The number of rotatable bonds is 6. The lowest BCUT2D eigenvalue weighted by atomic mass is 10.1. The van der Waals surface area contributed by atoms with Gasteiger partial charge in [0.25, 0.3) is 0 Å². The molecule has 2 aromatic rings. The average Bonchev–Trinajstić information content (AvgIpc) is 2.48. The minimum absolute atomic E-state index is 0.157. The van der Waals surface area contributed by atoms with Gasteiger partial charge in [-0.25, -0.2) is 0 Å². The van der Waals surface area contributed by atoms with Gasteiger partial charge in [-0.3, -0.25) is 0 Å². The van der Waals surface area contributed by atoms with Crippen molar-refractivity contribution in [3.05, 3.63) is 53.6 Å². The molecule has 20 heavy (non-hydrogen) atoms. The molecule has 0 fully saturated rings. The van der Waals surface area contributed by atoms with Gasteiger partial charge in [0.2, 0.25) is 0 Å². The number of anilines is 1. The Kier molecular flexibility index (Phi) is 4.85. The number of ether oxygens (including phenoxy) is 1. The first kappa shape index (κ1) is 14.2. The monoisotopic (exact) mass is 273 g/mol. The van der Waals surface area contributed by atoms with Crippen LogP contribution in [0.3, 0.4) is 0 Å². The minimum Gasteiger partial charge on any atom is -0.504 e. The Labute approximate surface area is 118 Å². The summed E-state index contributed by atoms with van der Waals surface area (Å²) in [5.41, 5.74) is 2.85. The van der Waals surface area contributed by atoms with E-state index >= 15 is 0 Å². The van der Waals surface area contributed by atoms with Gasteiger partial charge < -0.3 is 20.3 Å². The summed E-state index contributed by atoms with van der Waals surface area (Å²) in [5.74, 6) is 0.641. The first-order chi connectivity index (χ1) is 9.74. The summed E-state index contributed by atoms with van der Waals surface area (Å²) in [7, 11) is 1.53. The molecule has 2 aromatic carbocycles. The Morgan fingerprint density at radius 2 is 1.85 bits per heavy atom. The Morgan fingerprint density at radius 1 is 1.10 bits per heavy atom. The SMILES string of the molecule is COc1cccc(CNc2ccc(CCO)cc2)c1O.